The molecule has 1 aliphatic rings. The molecular formula is C14H12N2O3. The molecule has 5 heteroatoms. The third-order valence-corrected chi connectivity index (χ3v) is 3.30. The van der Waals surface area contributed by atoms with Crippen LogP contribution < -0.4 is 4.90 Å². The number of carboxylic acid groups (broad SMARTS) is 1. The number of amides is 1. The van der Waals surface area contributed by atoms with Crippen molar-refractivity contribution in [2.75, 3.05) is 11.4 Å². The Bertz CT molecular complexity index is 647. The monoisotopic (exact) mass is 256 g/mol. The minimum atomic E-state index is -0.984. The van der Waals surface area contributed by atoms with Gasteiger partial charge in [0, 0.05) is 18.4 Å². The number of hydrogen-bond acceptors (Lipinski definition) is 2. The number of nitrogens with zero attached hydrogens (tertiary/aromatic N) is 1. The lowest BCUT2D eigenvalue weighted by Crippen LogP contribution is -2.29. The molecule has 1 aliphatic heterocycles. The summed E-state index contributed by atoms with van der Waals surface area (Å²) in [5, 5.41) is 9.02. The summed E-state index contributed by atoms with van der Waals surface area (Å²) in [5.74, 6) is -1.12. The minimum absolute atomic E-state index is 0.133. The van der Waals surface area contributed by atoms with Gasteiger partial charge in [-0.15, -0.1) is 0 Å². The van der Waals surface area contributed by atoms with E-state index in [4.69, 9.17) is 5.11 Å². The summed E-state index contributed by atoms with van der Waals surface area (Å²) in [5.41, 5.74) is 2.41. The molecule has 0 spiro atoms. The molecule has 0 unspecified atom stereocenters. The summed E-state index contributed by atoms with van der Waals surface area (Å²) in [6.45, 7) is 0.580. The van der Waals surface area contributed by atoms with Gasteiger partial charge in [-0.3, -0.25) is 4.79 Å². The second-order valence-electron chi connectivity index (χ2n) is 4.44. The van der Waals surface area contributed by atoms with E-state index in [2.05, 4.69) is 4.98 Å². The topological polar surface area (TPSA) is 73.4 Å². The lowest BCUT2D eigenvalue weighted by atomic mass is 10.1. The van der Waals surface area contributed by atoms with Gasteiger partial charge in [0.15, 0.2) is 0 Å². The van der Waals surface area contributed by atoms with Crippen LogP contribution >= 0.6 is 0 Å². The Kier molecular flexibility index (Phi) is 2.59. The number of H-pyrrole nitrogens is 1. The van der Waals surface area contributed by atoms with Gasteiger partial charge in [0.05, 0.1) is 5.56 Å². The van der Waals surface area contributed by atoms with Crippen molar-refractivity contribution < 1.29 is 14.7 Å². The second kappa shape index (κ2) is 4.28. The summed E-state index contributed by atoms with van der Waals surface area (Å²) < 4.78 is 0. The molecule has 1 aromatic heterocycles. The van der Waals surface area contributed by atoms with Gasteiger partial charge in [0.1, 0.15) is 5.69 Å². The highest BCUT2D eigenvalue weighted by molar-refractivity contribution is 6.06. The quantitative estimate of drug-likeness (QED) is 0.862. The normalized spacial score (nSPS) is 13.4. The summed E-state index contributed by atoms with van der Waals surface area (Å²) in [6.07, 6.45) is 2.44. The average Bonchev–Trinajstić information content (AvgIpc) is 3.06. The number of nitrogens with one attached hydrogen (secondary N) is 1. The smallest absolute Gasteiger partial charge is 0.335 e. The van der Waals surface area contributed by atoms with Crippen molar-refractivity contribution in [3.63, 3.8) is 0 Å². The molecule has 2 aromatic rings. The van der Waals surface area contributed by atoms with Crippen molar-refractivity contribution >= 4 is 17.6 Å². The fraction of sp³-hybridized carbons (Fsp3) is 0.143. The van der Waals surface area contributed by atoms with Crippen LogP contribution in [0.3, 0.4) is 0 Å². The van der Waals surface area contributed by atoms with Crippen LogP contribution in [0.1, 0.15) is 26.4 Å². The molecule has 0 saturated heterocycles. The molecule has 0 aliphatic carbocycles. The molecule has 2 heterocycles. The van der Waals surface area contributed by atoms with Gasteiger partial charge < -0.3 is 15.0 Å². The van der Waals surface area contributed by atoms with Crippen LogP contribution in [0.15, 0.2) is 36.5 Å². The molecule has 2 N–H and O–H groups in total. The number of carboxylic acids is 1. The Hall–Kier alpha value is -2.56. The number of carbonyl (C=O) groups is 2. The lowest BCUT2D eigenvalue weighted by molar-refractivity contribution is 0.0696. The second-order valence-corrected chi connectivity index (χ2v) is 4.44. The van der Waals surface area contributed by atoms with Gasteiger partial charge in [0.25, 0.3) is 5.91 Å². The Morgan fingerprint density at radius 2 is 2.11 bits per heavy atom. The van der Waals surface area contributed by atoms with E-state index in [-0.39, 0.29) is 11.5 Å². The molecular weight excluding hydrogens is 244 g/mol. The maximum Gasteiger partial charge on any atom is 0.335 e. The highest BCUT2D eigenvalue weighted by atomic mass is 16.4. The van der Waals surface area contributed by atoms with E-state index in [0.29, 0.717) is 17.9 Å². The van der Waals surface area contributed by atoms with Crippen LogP contribution in [-0.4, -0.2) is 28.5 Å². The Labute approximate surface area is 109 Å². The molecule has 3 rings (SSSR count). The third kappa shape index (κ3) is 1.89. The predicted molar refractivity (Wildman–Crippen MR) is 69.6 cm³/mol. The summed E-state index contributed by atoms with van der Waals surface area (Å²) in [4.78, 5) is 27.8. The molecule has 96 valence electrons. The van der Waals surface area contributed by atoms with Gasteiger partial charge in [0.2, 0.25) is 0 Å². The first-order valence-electron chi connectivity index (χ1n) is 5.98. The largest absolute Gasteiger partial charge is 0.478 e. The maximum absolute atomic E-state index is 12.3. The summed E-state index contributed by atoms with van der Waals surface area (Å²) in [7, 11) is 0. The van der Waals surface area contributed by atoms with E-state index >= 15 is 0 Å². The maximum atomic E-state index is 12.3. The first kappa shape index (κ1) is 11.5. The summed E-state index contributed by atoms with van der Waals surface area (Å²) >= 11 is 0. The highest BCUT2D eigenvalue weighted by Crippen LogP contribution is 2.30. The molecule has 1 aromatic carbocycles. The molecule has 0 fully saturated rings. The van der Waals surface area contributed by atoms with E-state index in [1.54, 1.807) is 41.4 Å². The molecule has 0 saturated carbocycles. The lowest BCUT2D eigenvalue weighted by Gasteiger charge is -2.16. The number of fused-ring (bicyclic) bond motifs is 1. The summed E-state index contributed by atoms with van der Waals surface area (Å²) in [6, 6.07) is 8.38. The first-order valence-corrected chi connectivity index (χ1v) is 5.98. The van der Waals surface area contributed by atoms with Crippen molar-refractivity contribution in [3.05, 3.63) is 53.3 Å². The standard InChI is InChI=1S/C14H12N2O3/c17-13(11-2-1-6-15-11)16-7-5-9-3-4-10(14(18)19)8-12(9)16/h1-4,6,8,15H,5,7H2,(H,18,19). The highest BCUT2D eigenvalue weighted by Gasteiger charge is 2.26. The fourth-order valence-electron chi connectivity index (χ4n) is 2.33. The van der Waals surface area contributed by atoms with Crippen LogP contribution in [0, 0.1) is 0 Å². The zero-order valence-electron chi connectivity index (χ0n) is 10.1. The van der Waals surface area contributed by atoms with E-state index < -0.39 is 5.97 Å². The van der Waals surface area contributed by atoms with Crippen molar-refractivity contribution in [3.8, 4) is 0 Å². The average molecular weight is 256 g/mol. The number of carbonyl (C=O) groups excluding carboxylic acids is 1. The predicted octanol–water partition coefficient (Wildman–Crippen LogP) is 1.92. The SMILES string of the molecule is O=C(O)c1ccc2c(c1)N(C(=O)c1ccc[nH]1)CC2. The van der Waals surface area contributed by atoms with Gasteiger partial charge in [-0.25, -0.2) is 4.79 Å². The van der Waals surface area contributed by atoms with Crippen LogP contribution in [0.2, 0.25) is 0 Å². The number of aromatic carboxylic acids is 1. The van der Waals surface area contributed by atoms with E-state index in [1.165, 1.54) is 0 Å². The fourth-order valence-corrected chi connectivity index (χ4v) is 2.33. The Morgan fingerprint density at radius 1 is 1.26 bits per heavy atom. The van der Waals surface area contributed by atoms with Gasteiger partial charge in [-0.1, -0.05) is 6.07 Å². The molecule has 0 radical (unpaired) electrons. The Morgan fingerprint density at radius 3 is 2.79 bits per heavy atom. The molecule has 1 amide bonds. The van der Waals surface area contributed by atoms with Gasteiger partial charge >= 0.3 is 5.97 Å². The third-order valence-electron chi connectivity index (χ3n) is 3.30. The number of anilines is 1. The molecule has 0 atom stereocenters. The van der Waals surface area contributed by atoms with E-state index in [9.17, 15) is 9.59 Å². The van der Waals surface area contributed by atoms with Crippen molar-refractivity contribution in [2.24, 2.45) is 0 Å². The molecule has 0 bridgehead atoms. The number of aromatic nitrogens is 1. The van der Waals surface area contributed by atoms with Crippen LogP contribution in [0.5, 0.6) is 0 Å². The Balaban J connectivity index is 1.99. The van der Waals surface area contributed by atoms with Gasteiger partial charge in [-0.2, -0.15) is 0 Å². The minimum Gasteiger partial charge on any atom is -0.478 e. The number of hydrogen-bond donors (Lipinski definition) is 2. The first-order chi connectivity index (χ1) is 9.16. The van der Waals surface area contributed by atoms with Crippen molar-refractivity contribution in [2.45, 2.75) is 6.42 Å². The van der Waals surface area contributed by atoms with E-state index in [0.717, 1.165) is 12.0 Å². The van der Waals surface area contributed by atoms with Crippen molar-refractivity contribution in [1.82, 2.24) is 4.98 Å². The van der Waals surface area contributed by atoms with E-state index in [1.807, 2.05) is 0 Å². The zero-order valence-corrected chi connectivity index (χ0v) is 10.1. The van der Waals surface area contributed by atoms with Gasteiger partial charge in [-0.05, 0) is 36.2 Å². The molecule has 5 nitrogen and oxygen atoms in total. The molecule has 19 heavy (non-hydrogen) atoms. The van der Waals surface area contributed by atoms with Crippen molar-refractivity contribution in [1.29, 1.82) is 0 Å². The number of benzene rings is 1. The number of rotatable bonds is 2. The number of aromatic amines is 1. The zero-order chi connectivity index (χ0) is 13.4. The van der Waals surface area contributed by atoms with Crippen LogP contribution in [-0.2, 0) is 6.42 Å². The van der Waals surface area contributed by atoms with Crippen LogP contribution in [0.25, 0.3) is 0 Å². The van der Waals surface area contributed by atoms with Crippen LogP contribution in [0.4, 0.5) is 5.69 Å².